The average Bonchev–Trinajstić information content (AvgIpc) is 2.68. The highest BCUT2D eigenvalue weighted by Crippen LogP contribution is 2.18. The summed E-state index contributed by atoms with van der Waals surface area (Å²) in [6.07, 6.45) is 1.43. The van der Waals surface area contributed by atoms with E-state index in [4.69, 9.17) is 0 Å². The van der Waals surface area contributed by atoms with Crippen LogP contribution in [0.4, 0.5) is 11.4 Å². The molecule has 0 atom stereocenters. The molecule has 0 aliphatic rings. The van der Waals surface area contributed by atoms with Crippen molar-refractivity contribution in [1.82, 2.24) is 0 Å². The highest BCUT2D eigenvalue weighted by atomic mass is 14.8. The van der Waals surface area contributed by atoms with Crippen LogP contribution < -0.4 is 0 Å². The second-order valence-electron chi connectivity index (χ2n) is 5.48. The van der Waals surface area contributed by atoms with Crippen molar-refractivity contribution < 1.29 is 0 Å². The zero-order valence-electron chi connectivity index (χ0n) is 13.9. The molecule has 0 aliphatic carbocycles. The highest BCUT2D eigenvalue weighted by molar-refractivity contribution is 5.60. The van der Waals surface area contributed by atoms with Crippen LogP contribution in [0.25, 0.3) is 0 Å². The Morgan fingerprint density at radius 3 is 2.04 bits per heavy atom. The lowest BCUT2D eigenvalue weighted by molar-refractivity contribution is 1.27. The number of nitrogens with zero attached hydrogens (tertiary/aromatic N) is 2. The number of rotatable bonds is 4. The van der Waals surface area contributed by atoms with E-state index >= 15 is 0 Å². The van der Waals surface area contributed by atoms with Gasteiger partial charge in [0.2, 0.25) is 0 Å². The fourth-order valence-corrected chi connectivity index (χ4v) is 2.33. The molecule has 0 fully saturated rings. The van der Waals surface area contributed by atoms with Crippen LogP contribution in [0.3, 0.4) is 0 Å². The van der Waals surface area contributed by atoms with E-state index in [0.29, 0.717) is 6.42 Å². The van der Waals surface area contributed by atoms with Gasteiger partial charge in [0.25, 0.3) is 0 Å². The van der Waals surface area contributed by atoms with Crippen LogP contribution in [-0.4, -0.2) is 6.01 Å². The Morgan fingerprint density at radius 2 is 1.24 bits per heavy atom. The fourth-order valence-electron chi connectivity index (χ4n) is 2.33. The molecular weight excluding hydrogens is 304 g/mol. The molecule has 2 heteroatoms. The Labute approximate surface area is 148 Å². The number of hydrogen-bond donors (Lipinski definition) is 0. The molecule has 0 aromatic heterocycles. The van der Waals surface area contributed by atoms with Gasteiger partial charge in [-0.25, -0.2) is 0 Å². The lowest BCUT2D eigenvalue weighted by atomic mass is 10.1. The molecule has 0 amide bonds. The van der Waals surface area contributed by atoms with E-state index in [0.717, 1.165) is 23.4 Å². The first-order valence-corrected chi connectivity index (χ1v) is 8.21. The number of aliphatic imine (C=N–C) groups is 2. The van der Waals surface area contributed by atoms with Gasteiger partial charge < -0.3 is 0 Å². The van der Waals surface area contributed by atoms with Crippen LogP contribution in [0, 0.1) is 11.8 Å². The van der Waals surface area contributed by atoms with E-state index in [-0.39, 0.29) is 0 Å². The van der Waals surface area contributed by atoms with Crippen LogP contribution in [0.15, 0.2) is 94.9 Å². The second kappa shape index (κ2) is 9.03. The minimum absolute atomic E-state index is 0.666. The molecule has 25 heavy (non-hydrogen) atoms. The topological polar surface area (TPSA) is 24.7 Å². The SMILES string of the molecule is C(=Nc1ccccc1)=Nc1ccccc1CC#CCc1ccccc1. The quantitative estimate of drug-likeness (QED) is 0.440. The Balaban J connectivity index is 1.68. The minimum atomic E-state index is 0.666. The summed E-state index contributed by atoms with van der Waals surface area (Å²) < 4.78 is 0. The standard InChI is InChI=1S/C23H18N2/c1-3-11-20(12-4-1)13-7-8-14-21-15-9-10-18-23(21)25-19-24-22-16-5-2-6-17-22/h1-6,9-12,15-18H,13-14H2. The van der Waals surface area contributed by atoms with Gasteiger partial charge in [-0.3, -0.25) is 0 Å². The van der Waals surface area contributed by atoms with Gasteiger partial charge >= 0.3 is 0 Å². The van der Waals surface area contributed by atoms with Crippen LogP contribution in [-0.2, 0) is 12.8 Å². The lowest BCUT2D eigenvalue weighted by Gasteiger charge is -1.99. The van der Waals surface area contributed by atoms with Crippen molar-refractivity contribution in [3.8, 4) is 11.8 Å². The van der Waals surface area contributed by atoms with Crippen molar-refractivity contribution >= 4 is 17.4 Å². The van der Waals surface area contributed by atoms with Crippen molar-refractivity contribution in [2.24, 2.45) is 9.98 Å². The molecule has 120 valence electrons. The summed E-state index contributed by atoms with van der Waals surface area (Å²) in [6, 6.07) is 30.7. The summed E-state index contributed by atoms with van der Waals surface area (Å²) in [5, 5.41) is 0. The summed E-state index contributed by atoms with van der Waals surface area (Å²) in [5.74, 6) is 6.45. The zero-order chi connectivity index (χ0) is 17.2. The Hall–Kier alpha value is -3.40. The maximum atomic E-state index is 4.35. The highest BCUT2D eigenvalue weighted by Gasteiger charge is 1.97. The Morgan fingerprint density at radius 1 is 0.600 bits per heavy atom. The van der Waals surface area contributed by atoms with E-state index in [1.54, 1.807) is 0 Å². The minimum Gasteiger partial charge on any atom is -0.188 e. The molecule has 0 aliphatic heterocycles. The average molecular weight is 322 g/mol. The predicted octanol–water partition coefficient (Wildman–Crippen LogP) is 5.61. The van der Waals surface area contributed by atoms with E-state index in [1.165, 1.54) is 5.56 Å². The van der Waals surface area contributed by atoms with E-state index in [9.17, 15) is 0 Å². The molecule has 0 heterocycles. The van der Waals surface area contributed by atoms with E-state index in [1.807, 2.05) is 72.8 Å². The number of para-hydroxylation sites is 2. The van der Waals surface area contributed by atoms with E-state index in [2.05, 4.69) is 40.0 Å². The largest absolute Gasteiger partial charge is 0.188 e. The zero-order valence-corrected chi connectivity index (χ0v) is 13.9. The lowest BCUT2D eigenvalue weighted by Crippen LogP contribution is -1.84. The van der Waals surface area contributed by atoms with Gasteiger partial charge in [-0.2, -0.15) is 9.98 Å². The van der Waals surface area contributed by atoms with E-state index < -0.39 is 0 Å². The second-order valence-corrected chi connectivity index (χ2v) is 5.48. The van der Waals surface area contributed by atoms with Crippen LogP contribution >= 0.6 is 0 Å². The van der Waals surface area contributed by atoms with Gasteiger partial charge in [0, 0.05) is 12.8 Å². The molecule has 0 radical (unpaired) electrons. The Bertz CT molecular complexity index is 926. The summed E-state index contributed by atoms with van der Waals surface area (Å²) in [5.41, 5.74) is 4.01. The number of hydrogen-bond acceptors (Lipinski definition) is 2. The molecule has 0 spiro atoms. The van der Waals surface area contributed by atoms with Crippen LogP contribution in [0.5, 0.6) is 0 Å². The molecule has 0 N–H and O–H groups in total. The third-order valence-corrected chi connectivity index (χ3v) is 3.64. The molecule has 3 rings (SSSR count). The molecule has 0 saturated heterocycles. The third-order valence-electron chi connectivity index (χ3n) is 3.64. The summed E-state index contributed by atoms with van der Waals surface area (Å²) in [4.78, 5) is 8.58. The fraction of sp³-hybridized carbons (Fsp3) is 0.0870. The van der Waals surface area contributed by atoms with Gasteiger partial charge in [-0.15, -0.1) is 0 Å². The first kappa shape index (κ1) is 16.5. The van der Waals surface area contributed by atoms with Crippen molar-refractivity contribution in [2.45, 2.75) is 12.8 Å². The van der Waals surface area contributed by atoms with Crippen LogP contribution in [0.1, 0.15) is 11.1 Å². The summed E-state index contributed by atoms with van der Waals surface area (Å²) >= 11 is 0. The first-order chi connectivity index (χ1) is 12.4. The van der Waals surface area contributed by atoms with Gasteiger partial charge in [0.1, 0.15) is 6.01 Å². The van der Waals surface area contributed by atoms with Gasteiger partial charge in [0.15, 0.2) is 0 Å². The maximum absolute atomic E-state index is 4.35. The third kappa shape index (κ3) is 5.32. The number of benzene rings is 3. The van der Waals surface area contributed by atoms with Gasteiger partial charge in [0.05, 0.1) is 11.4 Å². The maximum Gasteiger partial charge on any atom is 0.100 e. The van der Waals surface area contributed by atoms with Crippen molar-refractivity contribution in [2.75, 3.05) is 0 Å². The van der Waals surface area contributed by atoms with Crippen molar-refractivity contribution in [1.29, 1.82) is 0 Å². The molecular formula is C23H18N2. The van der Waals surface area contributed by atoms with Gasteiger partial charge in [-0.1, -0.05) is 78.6 Å². The molecule has 0 saturated carbocycles. The summed E-state index contributed by atoms with van der Waals surface area (Å²) in [6.45, 7) is 0. The molecule has 2 nitrogen and oxygen atoms in total. The van der Waals surface area contributed by atoms with Crippen molar-refractivity contribution in [3.05, 3.63) is 96.1 Å². The van der Waals surface area contributed by atoms with Gasteiger partial charge in [-0.05, 0) is 29.3 Å². The van der Waals surface area contributed by atoms with Crippen molar-refractivity contribution in [3.63, 3.8) is 0 Å². The smallest absolute Gasteiger partial charge is 0.100 e. The Kier molecular flexibility index (Phi) is 5.95. The van der Waals surface area contributed by atoms with Crippen LogP contribution in [0.2, 0.25) is 0 Å². The first-order valence-electron chi connectivity index (χ1n) is 8.21. The molecule has 0 bridgehead atoms. The predicted molar refractivity (Wildman–Crippen MR) is 104 cm³/mol. The molecule has 0 unspecified atom stereocenters. The normalized spacial score (nSPS) is 9.44. The molecule has 3 aromatic carbocycles. The monoisotopic (exact) mass is 322 g/mol. The molecule has 3 aromatic rings. The summed E-state index contributed by atoms with van der Waals surface area (Å²) in [7, 11) is 0.